The second-order valence-electron chi connectivity index (χ2n) is 6.24. The minimum atomic E-state index is -0.0239. The summed E-state index contributed by atoms with van der Waals surface area (Å²) in [5.74, 6) is 0.0916. The van der Waals surface area contributed by atoms with Crippen molar-refractivity contribution in [3.05, 3.63) is 35.4 Å². The van der Waals surface area contributed by atoms with Crippen LogP contribution in [-0.4, -0.2) is 37.0 Å². The van der Waals surface area contributed by atoms with Crippen LogP contribution in [0.4, 0.5) is 0 Å². The molecule has 1 amide bonds. The van der Waals surface area contributed by atoms with Gasteiger partial charge in [0.1, 0.15) is 0 Å². The van der Waals surface area contributed by atoms with Gasteiger partial charge in [0.15, 0.2) is 0 Å². The van der Waals surface area contributed by atoms with Crippen LogP contribution in [0.25, 0.3) is 0 Å². The molecule has 0 bridgehead atoms. The van der Waals surface area contributed by atoms with E-state index >= 15 is 0 Å². The summed E-state index contributed by atoms with van der Waals surface area (Å²) in [5, 5.41) is 0. The number of likely N-dealkylation sites (tertiary alicyclic amines) is 1. The number of carbonyl (C=O) groups is 1. The fourth-order valence-electron chi connectivity index (χ4n) is 2.64. The van der Waals surface area contributed by atoms with E-state index in [4.69, 9.17) is 10.5 Å². The Hall–Kier alpha value is -1.10. The van der Waals surface area contributed by atoms with Crippen LogP contribution in [-0.2, 0) is 11.3 Å². The number of halogens is 1. The topological polar surface area (TPSA) is 55.6 Å². The number of nitrogens with two attached hydrogens (primary N) is 1. The Morgan fingerprint density at radius 1 is 1.38 bits per heavy atom. The van der Waals surface area contributed by atoms with E-state index in [1.807, 2.05) is 29.2 Å². The molecule has 0 saturated carbocycles. The van der Waals surface area contributed by atoms with Crippen molar-refractivity contribution in [1.82, 2.24) is 4.90 Å². The lowest BCUT2D eigenvalue weighted by Crippen LogP contribution is -2.53. The minimum absolute atomic E-state index is 0. The number of methoxy groups -OCH3 is 1. The summed E-state index contributed by atoms with van der Waals surface area (Å²) in [6.07, 6.45) is 0.862. The van der Waals surface area contributed by atoms with E-state index in [9.17, 15) is 4.79 Å². The van der Waals surface area contributed by atoms with Crippen molar-refractivity contribution < 1.29 is 9.53 Å². The lowest BCUT2D eigenvalue weighted by atomic mass is 9.79. The number of carbonyl (C=O) groups excluding carboxylic acids is 1. The fourth-order valence-corrected chi connectivity index (χ4v) is 2.64. The molecule has 1 atom stereocenters. The molecule has 21 heavy (non-hydrogen) atoms. The third-order valence-electron chi connectivity index (χ3n) is 4.11. The smallest absolute Gasteiger partial charge is 0.253 e. The van der Waals surface area contributed by atoms with E-state index in [-0.39, 0.29) is 29.8 Å². The third-order valence-corrected chi connectivity index (χ3v) is 4.11. The maximum Gasteiger partial charge on any atom is 0.253 e. The highest BCUT2D eigenvalue weighted by Crippen LogP contribution is 2.28. The molecule has 5 heteroatoms. The lowest BCUT2D eigenvalue weighted by molar-refractivity contribution is 0.0533. The van der Waals surface area contributed by atoms with Gasteiger partial charge in [-0.1, -0.05) is 26.0 Å². The average molecular weight is 313 g/mol. The standard InChI is InChI=1S/C16H24N2O2.ClH/c1-16(2)11-18(9-8-14(16)17)15(19)13-6-4-12(5-7-13)10-20-3;/h4-7,14H,8-11,17H2,1-3H3;1H. The Balaban J connectivity index is 0.00000220. The van der Waals surface area contributed by atoms with Crippen LogP contribution in [0.1, 0.15) is 36.2 Å². The summed E-state index contributed by atoms with van der Waals surface area (Å²) in [7, 11) is 1.66. The number of hydrogen-bond donors (Lipinski definition) is 1. The van der Waals surface area contributed by atoms with E-state index in [2.05, 4.69) is 13.8 Å². The van der Waals surface area contributed by atoms with E-state index in [0.29, 0.717) is 13.2 Å². The zero-order valence-corrected chi connectivity index (χ0v) is 13.8. The average Bonchev–Trinajstić information content (AvgIpc) is 2.42. The second-order valence-corrected chi connectivity index (χ2v) is 6.24. The van der Waals surface area contributed by atoms with Crippen LogP contribution >= 0.6 is 12.4 Å². The van der Waals surface area contributed by atoms with Gasteiger partial charge in [0.25, 0.3) is 5.91 Å². The van der Waals surface area contributed by atoms with Crippen molar-refractivity contribution >= 4 is 18.3 Å². The summed E-state index contributed by atoms with van der Waals surface area (Å²) >= 11 is 0. The van der Waals surface area contributed by atoms with Gasteiger partial charge in [0.2, 0.25) is 0 Å². The van der Waals surface area contributed by atoms with Gasteiger partial charge in [-0.25, -0.2) is 0 Å². The predicted molar refractivity (Wildman–Crippen MR) is 86.7 cm³/mol. The van der Waals surface area contributed by atoms with Crippen LogP contribution in [0, 0.1) is 5.41 Å². The number of nitrogens with zero attached hydrogens (tertiary/aromatic N) is 1. The van der Waals surface area contributed by atoms with Gasteiger partial charge >= 0.3 is 0 Å². The summed E-state index contributed by atoms with van der Waals surface area (Å²) < 4.78 is 5.07. The number of hydrogen-bond acceptors (Lipinski definition) is 3. The van der Waals surface area contributed by atoms with Crippen LogP contribution < -0.4 is 5.73 Å². The summed E-state index contributed by atoms with van der Waals surface area (Å²) in [4.78, 5) is 14.4. The normalized spacial score (nSPS) is 20.8. The molecule has 0 spiro atoms. The van der Waals surface area contributed by atoms with Crippen LogP contribution in [0.15, 0.2) is 24.3 Å². The van der Waals surface area contributed by atoms with Crippen molar-refractivity contribution in [1.29, 1.82) is 0 Å². The first-order valence-corrected chi connectivity index (χ1v) is 7.07. The molecule has 1 aliphatic heterocycles. The van der Waals surface area contributed by atoms with Crippen molar-refractivity contribution in [3.63, 3.8) is 0 Å². The van der Waals surface area contributed by atoms with E-state index in [1.165, 1.54) is 0 Å². The molecule has 1 fully saturated rings. The van der Waals surface area contributed by atoms with Crippen molar-refractivity contribution in [3.8, 4) is 0 Å². The largest absolute Gasteiger partial charge is 0.380 e. The highest BCUT2D eigenvalue weighted by Gasteiger charge is 2.35. The highest BCUT2D eigenvalue weighted by atomic mass is 35.5. The zero-order chi connectivity index (χ0) is 14.8. The Bertz CT molecular complexity index is 474. The molecule has 2 rings (SSSR count). The zero-order valence-electron chi connectivity index (χ0n) is 13.0. The molecule has 118 valence electrons. The molecular weight excluding hydrogens is 288 g/mol. The second kappa shape index (κ2) is 7.25. The minimum Gasteiger partial charge on any atom is -0.380 e. The lowest BCUT2D eigenvalue weighted by Gasteiger charge is -2.42. The quantitative estimate of drug-likeness (QED) is 0.932. The Morgan fingerprint density at radius 2 is 2.00 bits per heavy atom. The first-order chi connectivity index (χ1) is 9.44. The monoisotopic (exact) mass is 312 g/mol. The van der Waals surface area contributed by atoms with Gasteiger partial charge in [0.05, 0.1) is 6.61 Å². The fraction of sp³-hybridized carbons (Fsp3) is 0.562. The number of ether oxygens (including phenoxy) is 1. The van der Waals surface area contributed by atoms with E-state index < -0.39 is 0 Å². The number of rotatable bonds is 3. The predicted octanol–water partition coefficient (Wildman–Crippen LogP) is 2.45. The molecule has 1 aliphatic rings. The first-order valence-electron chi connectivity index (χ1n) is 7.07. The van der Waals surface area contributed by atoms with Crippen molar-refractivity contribution in [2.24, 2.45) is 11.1 Å². The van der Waals surface area contributed by atoms with E-state index in [1.54, 1.807) is 7.11 Å². The highest BCUT2D eigenvalue weighted by molar-refractivity contribution is 5.94. The van der Waals surface area contributed by atoms with Crippen molar-refractivity contribution in [2.45, 2.75) is 32.9 Å². The van der Waals surface area contributed by atoms with Crippen LogP contribution in [0.2, 0.25) is 0 Å². The Labute approximate surface area is 133 Å². The van der Waals surface area contributed by atoms with Gasteiger partial charge in [-0.3, -0.25) is 4.79 Å². The van der Waals surface area contributed by atoms with E-state index in [0.717, 1.165) is 24.1 Å². The molecule has 0 aromatic heterocycles. The van der Waals surface area contributed by atoms with Gasteiger partial charge in [-0.05, 0) is 29.5 Å². The van der Waals surface area contributed by atoms with Crippen molar-refractivity contribution in [2.75, 3.05) is 20.2 Å². The summed E-state index contributed by atoms with van der Waals surface area (Å²) in [6.45, 7) is 6.27. The van der Waals surface area contributed by atoms with Crippen LogP contribution in [0.5, 0.6) is 0 Å². The molecule has 1 heterocycles. The Kier molecular flexibility index (Phi) is 6.20. The van der Waals surface area contributed by atoms with Gasteiger partial charge in [-0.2, -0.15) is 0 Å². The molecular formula is C16H25ClN2O2. The Morgan fingerprint density at radius 3 is 2.52 bits per heavy atom. The van der Waals surface area contributed by atoms with Crippen LogP contribution in [0.3, 0.4) is 0 Å². The molecule has 1 aromatic rings. The summed E-state index contributed by atoms with van der Waals surface area (Å²) in [6, 6.07) is 7.79. The molecule has 1 aromatic carbocycles. The third kappa shape index (κ3) is 4.19. The molecule has 0 aliphatic carbocycles. The molecule has 2 N–H and O–H groups in total. The van der Waals surface area contributed by atoms with Gasteiger partial charge < -0.3 is 15.4 Å². The first kappa shape index (κ1) is 18.0. The number of benzene rings is 1. The summed E-state index contributed by atoms with van der Waals surface area (Å²) in [5.41, 5.74) is 7.90. The molecule has 0 radical (unpaired) electrons. The molecule has 1 saturated heterocycles. The van der Waals surface area contributed by atoms with Gasteiger partial charge in [-0.15, -0.1) is 12.4 Å². The number of amides is 1. The molecule has 1 unspecified atom stereocenters. The van der Waals surface area contributed by atoms with Gasteiger partial charge in [0, 0.05) is 31.8 Å². The SMILES string of the molecule is COCc1ccc(C(=O)N2CCC(N)C(C)(C)C2)cc1.Cl. The number of piperidine rings is 1. The maximum atomic E-state index is 12.5. The maximum absolute atomic E-state index is 12.5. The molecule has 4 nitrogen and oxygen atoms in total.